The van der Waals surface area contributed by atoms with Gasteiger partial charge in [-0.3, -0.25) is 19.2 Å². The highest BCUT2D eigenvalue weighted by Crippen LogP contribution is 2.40. The summed E-state index contributed by atoms with van der Waals surface area (Å²) in [5.41, 5.74) is 5.69. The maximum atomic E-state index is 14.2. The first kappa shape index (κ1) is 46.4. The van der Waals surface area contributed by atoms with E-state index in [1.807, 2.05) is 73.6 Å². The minimum Gasteiger partial charge on any atom is -0.493 e. The van der Waals surface area contributed by atoms with Gasteiger partial charge in [-0.2, -0.15) is 0 Å². The number of benzene rings is 3. The van der Waals surface area contributed by atoms with Crippen LogP contribution >= 0.6 is 0 Å². The summed E-state index contributed by atoms with van der Waals surface area (Å²) >= 11 is 0. The zero-order valence-corrected chi connectivity index (χ0v) is 38.1. The highest BCUT2D eigenvalue weighted by molar-refractivity contribution is 6.07. The van der Waals surface area contributed by atoms with Gasteiger partial charge >= 0.3 is 6.09 Å². The lowest BCUT2D eigenvalue weighted by molar-refractivity contribution is -0.198. The number of ether oxygens (including phenoxy) is 4. The number of aryl methyl sites for hydroxylation is 3. The molecule has 2 saturated heterocycles. The van der Waals surface area contributed by atoms with Gasteiger partial charge < -0.3 is 48.9 Å². The van der Waals surface area contributed by atoms with E-state index in [-0.39, 0.29) is 43.3 Å². The first-order valence-electron chi connectivity index (χ1n) is 22.8. The van der Waals surface area contributed by atoms with Crippen LogP contribution in [0.2, 0.25) is 0 Å². The van der Waals surface area contributed by atoms with Gasteiger partial charge in [0.15, 0.2) is 12.5 Å². The fourth-order valence-electron chi connectivity index (χ4n) is 8.80. The topological polar surface area (TPSA) is 175 Å². The maximum absolute atomic E-state index is 14.2. The molecular weight excluding hydrogens is 855 g/mol. The van der Waals surface area contributed by atoms with Crippen LogP contribution in [0.1, 0.15) is 88.3 Å². The predicted molar refractivity (Wildman–Crippen MR) is 254 cm³/mol. The lowest BCUT2D eigenvalue weighted by Crippen LogP contribution is -2.57. The van der Waals surface area contributed by atoms with E-state index >= 15 is 0 Å². The van der Waals surface area contributed by atoms with Crippen molar-refractivity contribution in [1.82, 2.24) is 14.0 Å². The van der Waals surface area contributed by atoms with Crippen molar-refractivity contribution in [3.05, 3.63) is 126 Å². The van der Waals surface area contributed by atoms with Gasteiger partial charge in [0.25, 0.3) is 17.7 Å². The highest BCUT2D eigenvalue weighted by atomic mass is 16.7. The van der Waals surface area contributed by atoms with Crippen LogP contribution < -0.4 is 25.6 Å². The van der Waals surface area contributed by atoms with Crippen LogP contribution in [0.4, 0.5) is 27.5 Å². The molecule has 5 heterocycles. The Hall–Kier alpha value is -7.17. The van der Waals surface area contributed by atoms with E-state index < -0.39 is 24.7 Å². The number of fused-ring (bicyclic) bond motifs is 2. The molecular formula is C51H57N7O9. The number of carbonyl (C=O) groups is 5. The number of amides is 5. The molecule has 8 rings (SSSR count). The molecule has 2 aromatic heterocycles. The Bertz CT molecular complexity index is 2620. The molecule has 0 aliphatic carbocycles. The van der Waals surface area contributed by atoms with Crippen LogP contribution in [0.5, 0.6) is 5.75 Å². The summed E-state index contributed by atoms with van der Waals surface area (Å²) in [5.74, 6) is -0.578. The molecule has 0 spiro atoms. The molecule has 5 amide bonds. The molecule has 16 nitrogen and oxygen atoms in total. The number of piperidine rings is 1. The molecule has 5 aromatic rings. The lowest BCUT2D eigenvalue weighted by Gasteiger charge is -2.42. The molecule has 3 aliphatic heterocycles. The molecule has 350 valence electrons. The summed E-state index contributed by atoms with van der Waals surface area (Å²) in [7, 11) is 3.54. The summed E-state index contributed by atoms with van der Waals surface area (Å²) in [6.07, 6.45) is 8.34. The van der Waals surface area contributed by atoms with Crippen molar-refractivity contribution in [3.63, 3.8) is 0 Å². The monoisotopic (exact) mass is 911 g/mol. The SMILES string of the molecule is C=CCOC(=O)N1c2cc(OCCCC(=O)Nc3cc(C(=O)Nc4ccc(-c5cc(C(=O)Nc6ccccc6)n(C)c5)cc4)n(C)c3)c(C)cc2C(=O)N2CCCC[C@H]2C1OC1CCCCO1. The van der Waals surface area contributed by atoms with Crippen molar-refractivity contribution in [3.8, 4) is 16.9 Å². The van der Waals surface area contributed by atoms with Crippen molar-refractivity contribution in [2.45, 2.75) is 76.9 Å². The maximum Gasteiger partial charge on any atom is 0.416 e. The molecule has 3 N–H and O–H groups in total. The zero-order valence-electron chi connectivity index (χ0n) is 38.1. The molecule has 0 radical (unpaired) electrons. The van der Waals surface area contributed by atoms with E-state index in [2.05, 4.69) is 22.5 Å². The molecule has 3 aromatic carbocycles. The molecule has 67 heavy (non-hydrogen) atoms. The second-order valence-electron chi connectivity index (χ2n) is 17.1. The molecule has 2 unspecified atom stereocenters. The lowest BCUT2D eigenvalue weighted by atomic mass is 10.00. The number of nitrogens with zero attached hydrogens (tertiary/aromatic N) is 4. The number of nitrogens with one attached hydrogen (secondary N) is 3. The molecule has 3 atom stereocenters. The Morgan fingerprint density at radius 3 is 2.25 bits per heavy atom. The van der Waals surface area contributed by atoms with Crippen LogP contribution in [-0.4, -0.2) is 88.7 Å². The Balaban J connectivity index is 0.874. The Morgan fingerprint density at radius 1 is 0.806 bits per heavy atom. The van der Waals surface area contributed by atoms with E-state index in [1.165, 1.54) is 11.0 Å². The van der Waals surface area contributed by atoms with E-state index in [0.717, 1.165) is 36.8 Å². The van der Waals surface area contributed by atoms with E-state index in [0.29, 0.717) is 83.4 Å². The fourth-order valence-corrected chi connectivity index (χ4v) is 8.80. The van der Waals surface area contributed by atoms with Gasteiger partial charge in [0.1, 0.15) is 23.7 Å². The summed E-state index contributed by atoms with van der Waals surface area (Å²) in [4.78, 5) is 70.8. The normalized spacial score (nSPS) is 18.0. The number of rotatable bonds is 15. The molecule has 2 fully saturated rings. The van der Waals surface area contributed by atoms with Gasteiger partial charge in [0.2, 0.25) is 5.91 Å². The standard InChI is InChI=1S/C51H57N7O9/c1-5-24-66-51(63)58-41-30-44(33(2)27-39(41)49(62)57-23-11-9-16-40(57)50(58)67-46-18-10-12-25-65-46)64-26-13-17-45(59)52-38-29-43(56(4)32-38)48(61)54-37-21-19-34(20-22-37)35-28-42(55(3)31-35)47(60)53-36-14-7-6-8-15-36/h5-8,14-15,19-22,27-32,40,46,50H,1,9-13,16-18,23-26H2,2-4H3,(H,52,59)(H,53,60)(H,54,61)/t40-,46?,50?/m0/s1. The first-order chi connectivity index (χ1) is 32.5. The number of hydrogen-bond acceptors (Lipinski definition) is 9. The van der Waals surface area contributed by atoms with E-state index in [9.17, 15) is 24.0 Å². The van der Waals surface area contributed by atoms with Crippen LogP contribution in [0.15, 0.2) is 104 Å². The molecule has 16 heteroatoms. The van der Waals surface area contributed by atoms with Crippen molar-refractivity contribution < 1.29 is 42.9 Å². The third-order valence-corrected chi connectivity index (χ3v) is 12.2. The van der Waals surface area contributed by atoms with E-state index in [1.54, 1.807) is 52.7 Å². The predicted octanol–water partition coefficient (Wildman–Crippen LogP) is 8.65. The van der Waals surface area contributed by atoms with Crippen molar-refractivity contribution >= 4 is 52.5 Å². The van der Waals surface area contributed by atoms with E-state index in [4.69, 9.17) is 18.9 Å². The van der Waals surface area contributed by atoms with Gasteiger partial charge in [-0.15, -0.1) is 0 Å². The van der Waals surface area contributed by atoms with Crippen LogP contribution in [0, 0.1) is 6.92 Å². The zero-order chi connectivity index (χ0) is 47.0. The van der Waals surface area contributed by atoms with Gasteiger partial charge in [0, 0.05) is 69.1 Å². The average molecular weight is 912 g/mol. The highest BCUT2D eigenvalue weighted by Gasteiger charge is 2.46. The number of hydrogen-bond donors (Lipinski definition) is 3. The van der Waals surface area contributed by atoms with Crippen LogP contribution in [0.3, 0.4) is 0 Å². The Morgan fingerprint density at radius 2 is 1.52 bits per heavy atom. The third kappa shape index (κ3) is 10.8. The number of para-hydroxylation sites is 1. The summed E-state index contributed by atoms with van der Waals surface area (Å²) in [6.45, 7) is 6.77. The summed E-state index contributed by atoms with van der Waals surface area (Å²) in [6, 6.07) is 23.1. The fraction of sp³-hybridized carbons (Fsp3) is 0.353. The smallest absolute Gasteiger partial charge is 0.416 e. The molecule has 3 aliphatic rings. The molecule has 0 saturated carbocycles. The number of anilines is 4. The van der Waals surface area contributed by atoms with Gasteiger partial charge in [0.05, 0.1) is 29.6 Å². The first-order valence-corrected chi connectivity index (χ1v) is 22.8. The van der Waals surface area contributed by atoms with Gasteiger partial charge in [-0.1, -0.05) is 43.0 Å². The van der Waals surface area contributed by atoms with Gasteiger partial charge in [-0.05, 0) is 105 Å². The minimum absolute atomic E-state index is 0.0272. The third-order valence-electron chi connectivity index (χ3n) is 12.2. The minimum atomic E-state index is -0.862. The van der Waals surface area contributed by atoms with Crippen molar-refractivity contribution in [2.24, 2.45) is 14.1 Å². The summed E-state index contributed by atoms with van der Waals surface area (Å²) in [5, 5.41) is 8.71. The summed E-state index contributed by atoms with van der Waals surface area (Å²) < 4.78 is 27.8. The number of aromatic nitrogens is 2. The second-order valence-corrected chi connectivity index (χ2v) is 17.1. The Kier molecular flexibility index (Phi) is 14.5. The average Bonchev–Trinajstić information content (AvgIpc) is 3.89. The van der Waals surface area contributed by atoms with Crippen LogP contribution in [-0.2, 0) is 33.1 Å². The number of carbonyl (C=O) groups excluding carboxylic acids is 5. The van der Waals surface area contributed by atoms with Crippen LogP contribution in [0.25, 0.3) is 11.1 Å². The second kappa shape index (κ2) is 21.0. The Labute approximate surface area is 389 Å². The van der Waals surface area contributed by atoms with Crippen molar-refractivity contribution in [2.75, 3.05) is 47.2 Å². The van der Waals surface area contributed by atoms with Crippen molar-refractivity contribution in [1.29, 1.82) is 0 Å². The molecule has 0 bridgehead atoms. The quantitative estimate of drug-likeness (QED) is 0.0686. The van der Waals surface area contributed by atoms with Gasteiger partial charge in [-0.25, -0.2) is 9.69 Å². The largest absolute Gasteiger partial charge is 0.493 e.